The van der Waals surface area contributed by atoms with Gasteiger partial charge in [-0.05, 0) is 42.6 Å². The molecule has 1 atom stereocenters. The molecule has 0 saturated heterocycles. The lowest BCUT2D eigenvalue weighted by molar-refractivity contribution is 0.101. The molecule has 1 aliphatic rings. The molecule has 1 aliphatic heterocycles. The van der Waals surface area contributed by atoms with Crippen LogP contribution < -0.4 is 16.1 Å². The van der Waals surface area contributed by atoms with Gasteiger partial charge in [-0.3, -0.25) is 0 Å². The average molecular weight is 457 g/mol. The van der Waals surface area contributed by atoms with Gasteiger partial charge >= 0.3 is 7.12 Å². The summed E-state index contributed by atoms with van der Waals surface area (Å²) >= 11 is 0. The molecule has 10 heteroatoms. The maximum Gasteiger partial charge on any atom is 0.492 e. The molecule has 0 amide bonds. The molecular weight excluding hydrogens is 433 g/mol. The number of aliphatic hydroxyl groups excluding tert-OH is 1. The first kappa shape index (κ1) is 22.1. The molecule has 0 radical (unpaired) electrons. The average Bonchev–Trinajstić information content (AvgIpc) is 3.44. The Kier molecular flexibility index (Phi) is 5.78. The summed E-state index contributed by atoms with van der Waals surface area (Å²) in [5, 5.41) is 30.6. The second kappa shape index (κ2) is 8.90. The molecule has 4 aromatic rings. The van der Waals surface area contributed by atoms with Crippen molar-refractivity contribution in [3.05, 3.63) is 78.2 Å². The molecular formula is C24H24BN5O4. The molecule has 0 fully saturated rings. The zero-order chi connectivity index (χ0) is 23.7. The van der Waals surface area contributed by atoms with Crippen LogP contribution in [0.15, 0.2) is 71.6 Å². The second-order valence-corrected chi connectivity index (χ2v) is 8.56. The number of hydrogen-bond donors (Lipinski definition) is 4. The summed E-state index contributed by atoms with van der Waals surface area (Å²) in [4.78, 5) is 8.67. The molecule has 3 heterocycles. The quantitative estimate of drug-likeness (QED) is 0.310. The highest BCUT2D eigenvalue weighted by molar-refractivity contribution is 6.62. The first-order valence-corrected chi connectivity index (χ1v) is 10.9. The van der Waals surface area contributed by atoms with Crippen molar-refractivity contribution in [1.82, 2.24) is 15.1 Å². The Labute approximate surface area is 197 Å². The third-order valence-electron chi connectivity index (χ3n) is 5.86. The maximum absolute atomic E-state index is 10.2. The predicted octanol–water partition coefficient (Wildman–Crippen LogP) is 2.97. The Bertz CT molecular complexity index is 1280. The highest BCUT2D eigenvalue weighted by Crippen LogP contribution is 2.34. The molecule has 34 heavy (non-hydrogen) atoms. The fourth-order valence-electron chi connectivity index (χ4n) is 4.14. The van der Waals surface area contributed by atoms with Crippen LogP contribution in [0.4, 0.5) is 17.2 Å². The number of aromatic nitrogens is 3. The van der Waals surface area contributed by atoms with E-state index in [9.17, 15) is 10.1 Å². The van der Waals surface area contributed by atoms with Crippen LogP contribution in [0.5, 0.6) is 0 Å². The maximum atomic E-state index is 10.2. The highest BCUT2D eigenvalue weighted by Gasteiger charge is 2.40. The summed E-state index contributed by atoms with van der Waals surface area (Å²) in [6.07, 6.45) is 2.97. The molecule has 2 aromatic heterocycles. The van der Waals surface area contributed by atoms with E-state index in [1.165, 1.54) is 6.33 Å². The van der Waals surface area contributed by atoms with Crippen molar-refractivity contribution in [3.63, 3.8) is 0 Å². The zero-order valence-electron chi connectivity index (χ0n) is 18.8. The highest BCUT2D eigenvalue weighted by atomic mass is 16.5. The number of benzene rings is 2. The van der Waals surface area contributed by atoms with E-state index in [0.29, 0.717) is 23.0 Å². The van der Waals surface area contributed by atoms with Crippen LogP contribution in [0.2, 0.25) is 0 Å². The van der Waals surface area contributed by atoms with Crippen molar-refractivity contribution in [2.45, 2.75) is 25.5 Å². The molecule has 0 bridgehead atoms. The Morgan fingerprint density at radius 3 is 2.65 bits per heavy atom. The van der Waals surface area contributed by atoms with Crippen LogP contribution in [0, 0.1) is 0 Å². The summed E-state index contributed by atoms with van der Waals surface area (Å²) in [5.74, 6) is 0.893. The van der Waals surface area contributed by atoms with Gasteiger partial charge < -0.3 is 29.9 Å². The van der Waals surface area contributed by atoms with Gasteiger partial charge in [0.25, 0.3) is 5.89 Å². The van der Waals surface area contributed by atoms with E-state index in [1.54, 1.807) is 6.20 Å². The number of aliphatic hydroxyl groups is 1. The van der Waals surface area contributed by atoms with Crippen molar-refractivity contribution in [3.8, 4) is 11.5 Å². The standard InChI is InChI=1S/C24H24BN5O4/c1-24(2)18-10-16(8-9-19(18)25(32)34-24)29-22-11-20(17(12-26-22)23-27-14-28-33-23)30-21(13-31)15-6-4-3-5-7-15/h3-12,14,21,31-32H,13H2,1-2H3,(H2,26,29,30)/t21-/m1/s1. The van der Waals surface area contributed by atoms with E-state index >= 15 is 0 Å². The van der Waals surface area contributed by atoms with E-state index in [0.717, 1.165) is 22.3 Å². The minimum Gasteiger partial charge on any atom is -0.423 e. The van der Waals surface area contributed by atoms with E-state index in [4.69, 9.17) is 9.18 Å². The van der Waals surface area contributed by atoms with Gasteiger partial charge in [-0.25, -0.2) is 4.98 Å². The fraction of sp³-hybridized carbons (Fsp3) is 0.208. The lowest BCUT2D eigenvalue weighted by Gasteiger charge is -2.21. The van der Waals surface area contributed by atoms with Crippen LogP contribution >= 0.6 is 0 Å². The van der Waals surface area contributed by atoms with Gasteiger partial charge in [0.2, 0.25) is 0 Å². The Morgan fingerprint density at radius 2 is 1.91 bits per heavy atom. The van der Waals surface area contributed by atoms with Crippen LogP contribution in [-0.4, -0.2) is 39.0 Å². The third-order valence-corrected chi connectivity index (χ3v) is 5.86. The monoisotopic (exact) mass is 457 g/mol. The Balaban J connectivity index is 1.48. The summed E-state index contributed by atoms with van der Waals surface area (Å²) in [5.41, 5.74) is 4.09. The SMILES string of the molecule is CC1(C)OB(O)c2ccc(Nc3cc(N[C@H](CO)c4ccccc4)c(-c4ncno4)cn3)cc21. The van der Waals surface area contributed by atoms with E-state index < -0.39 is 12.7 Å². The van der Waals surface area contributed by atoms with Gasteiger partial charge in [0, 0.05) is 18.0 Å². The molecule has 0 spiro atoms. The first-order valence-electron chi connectivity index (χ1n) is 10.9. The molecule has 172 valence electrons. The molecule has 9 nitrogen and oxygen atoms in total. The van der Waals surface area contributed by atoms with Gasteiger partial charge in [-0.2, -0.15) is 4.98 Å². The van der Waals surface area contributed by atoms with E-state index in [1.807, 2.05) is 68.4 Å². The number of hydrogen-bond acceptors (Lipinski definition) is 9. The van der Waals surface area contributed by atoms with Crippen molar-refractivity contribution in [2.75, 3.05) is 17.2 Å². The second-order valence-electron chi connectivity index (χ2n) is 8.56. The topological polar surface area (TPSA) is 126 Å². The minimum absolute atomic E-state index is 0.111. The largest absolute Gasteiger partial charge is 0.492 e. The lowest BCUT2D eigenvalue weighted by Crippen LogP contribution is -2.28. The van der Waals surface area contributed by atoms with E-state index in [-0.39, 0.29) is 12.6 Å². The number of rotatable bonds is 7. The van der Waals surface area contributed by atoms with Crippen molar-refractivity contribution < 1.29 is 19.3 Å². The van der Waals surface area contributed by atoms with Crippen LogP contribution in [0.25, 0.3) is 11.5 Å². The smallest absolute Gasteiger partial charge is 0.423 e. The molecule has 0 unspecified atom stereocenters. The predicted molar refractivity (Wildman–Crippen MR) is 129 cm³/mol. The Hall–Kier alpha value is -3.73. The van der Waals surface area contributed by atoms with Crippen molar-refractivity contribution >= 4 is 29.8 Å². The van der Waals surface area contributed by atoms with Gasteiger partial charge in [-0.1, -0.05) is 41.6 Å². The molecule has 0 saturated carbocycles. The third kappa shape index (κ3) is 4.26. The van der Waals surface area contributed by atoms with Crippen LogP contribution in [-0.2, 0) is 10.3 Å². The summed E-state index contributed by atoms with van der Waals surface area (Å²) < 4.78 is 10.9. The fourth-order valence-corrected chi connectivity index (χ4v) is 4.14. The normalized spacial score (nSPS) is 15.1. The van der Waals surface area contributed by atoms with Crippen LogP contribution in [0.3, 0.4) is 0 Å². The van der Waals surface area contributed by atoms with Crippen molar-refractivity contribution in [2.24, 2.45) is 0 Å². The molecule has 0 aliphatic carbocycles. The van der Waals surface area contributed by atoms with Crippen LogP contribution in [0.1, 0.15) is 31.0 Å². The van der Waals surface area contributed by atoms with Crippen molar-refractivity contribution in [1.29, 1.82) is 0 Å². The van der Waals surface area contributed by atoms with Gasteiger partial charge in [0.15, 0.2) is 6.33 Å². The van der Waals surface area contributed by atoms with E-state index in [2.05, 4.69) is 25.8 Å². The Morgan fingerprint density at radius 1 is 1.09 bits per heavy atom. The number of nitrogens with zero attached hydrogens (tertiary/aromatic N) is 3. The summed E-state index contributed by atoms with van der Waals surface area (Å²) in [6.45, 7) is 3.73. The first-order chi connectivity index (χ1) is 16.4. The number of nitrogens with one attached hydrogen (secondary N) is 2. The molecule has 4 N–H and O–H groups in total. The summed E-state index contributed by atoms with van der Waals surface area (Å²) in [7, 11) is -0.935. The zero-order valence-corrected chi connectivity index (χ0v) is 18.8. The van der Waals surface area contributed by atoms with Gasteiger partial charge in [-0.15, -0.1) is 0 Å². The number of pyridine rings is 1. The number of fused-ring (bicyclic) bond motifs is 1. The summed E-state index contributed by atoms with van der Waals surface area (Å²) in [6, 6.07) is 16.8. The minimum atomic E-state index is -0.935. The number of anilines is 3. The lowest BCUT2D eigenvalue weighted by atomic mass is 9.78. The van der Waals surface area contributed by atoms with Gasteiger partial charge in [0.1, 0.15) is 5.82 Å². The molecule has 2 aromatic carbocycles. The van der Waals surface area contributed by atoms with Gasteiger partial charge in [0.05, 0.1) is 29.5 Å². The molecule has 5 rings (SSSR count).